The van der Waals surface area contributed by atoms with Crippen molar-refractivity contribution in [1.29, 1.82) is 0 Å². The molecular formula is C42H33F7N6O2. The molecule has 1 fully saturated rings. The zero-order valence-electron chi connectivity index (χ0n) is 30.4. The van der Waals surface area contributed by atoms with Crippen molar-refractivity contribution in [3.63, 3.8) is 0 Å². The summed E-state index contributed by atoms with van der Waals surface area (Å²) in [6, 6.07) is 17.3. The first-order chi connectivity index (χ1) is 27.1. The third-order valence-electron chi connectivity index (χ3n) is 10.8. The first-order valence-corrected chi connectivity index (χ1v) is 18.1. The molecular weight excluding hydrogens is 753 g/mol. The zero-order valence-corrected chi connectivity index (χ0v) is 30.4. The lowest BCUT2D eigenvalue weighted by atomic mass is 9.73. The van der Waals surface area contributed by atoms with Gasteiger partial charge in [-0.15, -0.1) is 0 Å². The van der Waals surface area contributed by atoms with Crippen LogP contribution in [0.4, 0.5) is 36.4 Å². The van der Waals surface area contributed by atoms with Gasteiger partial charge in [0.05, 0.1) is 11.7 Å². The fourth-order valence-electron chi connectivity index (χ4n) is 7.93. The van der Waals surface area contributed by atoms with Gasteiger partial charge in [-0.2, -0.15) is 27.1 Å². The minimum atomic E-state index is -5.04. The van der Waals surface area contributed by atoms with Gasteiger partial charge in [0.2, 0.25) is 5.91 Å². The largest absolute Gasteiger partial charge is 0.435 e. The number of alkyl halides is 5. The third kappa shape index (κ3) is 7.09. The highest BCUT2D eigenvalue weighted by atomic mass is 19.4. The monoisotopic (exact) mass is 786 g/mol. The summed E-state index contributed by atoms with van der Waals surface area (Å²) >= 11 is 0. The Balaban J connectivity index is 1.22. The molecule has 3 aliphatic rings. The number of fused-ring (bicyclic) bond motifs is 4. The van der Waals surface area contributed by atoms with Crippen molar-refractivity contribution in [1.82, 2.24) is 25.4 Å². The second-order valence-electron chi connectivity index (χ2n) is 14.7. The molecule has 0 radical (unpaired) electrons. The summed E-state index contributed by atoms with van der Waals surface area (Å²) in [5.74, 6) is -3.09. The fourth-order valence-corrected chi connectivity index (χ4v) is 7.93. The Kier molecular flexibility index (Phi) is 9.33. The van der Waals surface area contributed by atoms with Crippen LogP contribution in [0.25, 0.3) is 11.1 Å². The van der Waals surface area contributed by atoms with Crippen LogP contribution in [0.2, 0.25) is 0 Å². The van der Waals surface area contributed by atoms with E-state index < -0.39 is 71.0 Å². The van der Waals surface area contributed by atoms with Gasteiger partial charge in [0.15, 0.2) is 5.69 Å². The van der Waals surface area contributed by atoms with Crippen molar-refractivity contribution in [3.05, 3.63) is 135 Å². The van der Waals surface area contributed by atoms with E-state index in [2.05, 4.69) is 27.6 Å². The lowest BCUT2D eigenvalue weighted by Gasteiger charge is -2.34. The summed E-state index contributed by atoms with van der Waals surface area (Å²) in [7, 11) is 3.79. The molecule has 1 aliphatic heterocycles. The van der Waals surface area contributed by atoms with Gasteiger partial charge in [-0.05, 0) is 102 Å². The topological polar surface area (TPSA) is 92.2 Å². The Hall–Kier alpha value is -6.17. The summed E-state index contributed by atoms with van der Waals surface area (Å²) in [5.41, 5.74) is 1.11. The summed E-state index contributed by atoms with van der Waals surface area (Å²) in [4.78, 5) is 33.3. The van der Waals surface area contributed by atoms with E-state index in [4.69, 9.17) is 4.98 Å². The second-order valence-corrected chi connectivity index (χ2v) is 14.7. The van der Waals surface area contributed by atoms with E-state index in [1.165, 1.54) is 0 Å². The Bertz CT molecular complexity index is 2480. The molecule has 3 heterocycles. The van der Waals surface area contributed by atoms with E-state index >= 15 is 8.78 Å². The van der Waals surface area contributed by atoms with Crippen LogP contribution in [0.1, 0.15) is 80.2 Å². The highest BCUT2D eigenvalue weighted by Gasteiger charge is 2.63. The van der Waals surface area contributed by atoms with Crippen molar-refractivity contribution >= 4 is 17.5 Å². The molecule has 57 heavy (non-hydrogen) atoms. The van der Waals surface area contributed by atoms with Crippen molar-refractivity contribution in [2.75, 3.05) is 19.0 Å². The molecule has 0 saturated heterocycles. The van der Waals surface area contributed by atoms with Crippen LogP contribution in [0.5, 0.6) is 0 Å². The average molecular weight is 787 g/mol. The molecule has 2 amide bonds. The molecule has 2 aromatic heterocycles. The first kappa shape index (κ1) is 37.7. The van der Waals surface area contributed by atoms with E-state index in [9.17, 15) is 31.5 Å². The van der Waals surface area contributed by atoms with Crippen LogP contribution in [-0.2, 0) is 36.4 Å². The lowest BCUT2D eigenvalue weighted by Crippen LogP contribution is -2.36. The molecule has 0 spiro atoms. The molecule has 0 unspecified atom stereocenters. The van der Waals surface area contributed by atoms with E-state index in [0.717, 1.165) is 23.4 Å². The van der Waals surface area contributed by atoms with E-state index in [-0.39, 0.29) is 42.1 Å². The molecule has 2 N–H and O–H groups in total. The standard InChI is InChI=1S/C42H33F7N6O2/c1-54(2)29-10-4-22(5-11-29)3-8-28-9-12-30(24-6-7-25-20-50-40(57)32(25)18-24)37(51-28)34(17-23-15-26(43)19-27(44)16-23)52-35(56)21-55-39-36(38(53-55)42(47,48)49)31-13-14-33(31)41(39,45)46/h4-7,9-12,15-16,18-19,31,33-34H,13-14,17,20-21H2,1-2H3,(H,50,57)(H,52,56)/t31-,33+,34-/m0/s1. The molecule has 5 aromatic rings. The summed E-state index contributed by atoms with van der Waals surface area (Å²) < 4.78 is 103. The first-order valence-electron chi connectivity index (χ1n) is 18.1. The van der Waals surface area contributed by atoms with Crippen molar-refractivity contribution in [2.24, 2.45) is 5.92 Å². The molecule has 0 bridgehead atoms. The van der Waals surface area contributed by atoms with Crippen LogP contribution < -0.4 is 15.5 Å². The van der Waals surface area contributed by atoms with E-state index in [0.29, 0.717) is 39.5 Å². The maximum Gasteiger partial charge on any atom is 0.435 e. The highest BCUT2D eigenvalue weighted by Crippen LogP contribution is 2.64. The Labute approximate surface area is 322 Å². The Morgan fingerprint density at radius 2 is 1.72 bits per heavy atom. The molecule has 292 valence electrons. The summed E-state index contributed by atoms with van der Waals surface area (Å²) in [5, 5.41) is 8.96. The van der Waals surface area contributed by atoms with E-state index in [1.807, 2.05) is 43.3 Å². The van der Waals surface area contributed by atoms with Crippen LogP contribution >= 0.6 is 0 Å². The number of carbonyl (C=O) groups excluding carboxylic acids is 2. The number of halogens is 7. The Morgan fingerprint density at radius 3 is 2.39 bits per heavy atom. The number of hydrogen-bond donors (Lipinski definition) is 2. The number of pyridine rings is 1. The number of anilines is 1. The summed E-state index contributed by atoms with van der Waals surface area (Å²) in [6.45, 7) is -0.695. The van der Waals surface area contributed by atoms with E-state index in [1.54, 1.807) is 30.3 Å². The normalized spacial score (nSPS) is 18.0. The number of rotatable bonds is 8. The Morgan fingerprint density at radius 1 is 0.982 bits per heavy atom. The van der Waals surface area contributed by atoms with Gasteiger partial charge in [0, 0.05) is 60.6 Å². The molecule has 1 saturated carbocycles. The zero-order chi connectivity index (χ0) is 40.4. The lowest BCUT2D eigenvalue weighted by molar-refractivity contribution is -0.144. The minimum Gasteiger partial charge on any atom is -0.378 e. The van der Waals surface area contributed by atoms with Gasteiger partial charge >= 0.3 is 6.18 Å². The number of amides is 2. The van der Waals surface area contributed by atoms with Gasteiger partial charge in [0.25, 0.3) is 11.8 Å². The van der Waals surface area contributed by atoms with Crippen molar-refractivity contribution in [2.45, 2.75) is 56.4 Å². The molecule has 3 aromatic carbocycles. The number of carbonyl (C=O) groups is 2. The van der Waals surface area contributed by atoms with Gasteiger partial charge in [0.1, 0.15) is 29.6 Å². The van der Waals surface area contributed by atoms with Gasteiger partial charge in [-0.1, -0.05) is 18.1 Å². The van der Waals surface area contributed by atoms with Crippen LogP contribution in [0, 0.1) is 29.4 Å². The number of benzene rings is 3. The smallest absolute Gasteiger partial charge is 0.378 e. The van der Waals surface area contributed by atoms with Gasteiger partial charge in [-0.3, -0.25) is 14.3 Å². The van der Waals surface area contributed by atoms with Gasteiger partial charge in [-0.25, -0.2) is 13.8 Å². The van der Waals surface area contributed by atoms with Crippen LogP contribution in [0.15, 0.2) is 72.8 Å². The molecule has 8 rings (SSSR count). The van der Waals surface area contributed by atoms with Crippen molar-refractivity contribution < 1.29 is 40.3 Å². The molecule has 8 nitrogen and oxygen atoms in total. The van der Waals surface area contributed by atoms with Crippen LogP contribution in [0.3, 0.4) is 0 Å². The second kappa shape index (κ2) is 14.1. The number of aromatic nitrogens is 3. The SMILES string of the molecule is CN(C)c1ccc(C#Cc2ccc(-c3ccc4c(c3)C(=O)NC4)c([C@H](Cc3cc(F)cc(F)c3)NC(=O)Cn3nc(C(F)(F)F)c4c3C(F)(F)[C@@H]3CC[C@H]43)n2)cc1. The van der Waals surface area contributed by atoms with Gasteiger partial charge < -0.3 is 15.5 Å². The molecule has 15 heteroatoms. The fraction of sp³-hybridized carbons (Fsp3) is 0.286. The van der Waals surface area contributed by atoms with Crippen molar-refractivity contribution in [3.8, 4) is 23.0 Å². The maximum atomic E-state index is 15.6. The predicted octanol–water partition coefficient (Wildman–Crippen LogP) is 7.65. The predicted molar refractivity (Wildman–Crippen MR) is 195 cm³/mol. The number of hydrogen-bond acceptors (Lipinski definition) is 5. The number of nitrogens with zero attached hydrogens (tertiary/aromatic N) is 4. The quantitative estimate of drug-likeness (QED) is 0.125. The third-order valence-corrected chi connectivity index (χ3v) is 10.8. The minimum absolute atomic E-state index is 0.0293. The van der Waals surface area contributed by atoms with Crippen LogP contribution in [-0.4, -0.2) is 40.7 Å². The highest BCUT2D eigenvalue weighted by molar-refractivity contribution is 5.99. The molecule has 3 atom stereocenters. The summed E-state index contributed by atoms with van der Waals surface area (Å²) in [6.07, 6.45) is -5.17. The molecule has 2 aliphatic carbocycles. The maximum absolute atomic E-state index is 15.6. The number of nitrogens with one attached hydrogen (secondary N) is 2. The average Bonchev–Trinajstić information content (AvgIpc) is 3.73.